The molecule has 0 amide bonds. The zero-order valence-electron chi connectivity index (χ0n) is 8.40. The zero-order chi connectivity index (χ0) is 11.7. The van der Waals surface area contributed by atoms with Crippen LogP contribution in [0.1, 0.15) is 0 Å². The second-order valence-electron chi connectivity index (χ2n) is 3.24. The predicted molar refractivity (Wildman–Crippen MR) is 58.0 cm³/mol. The normalized spacial score (nSPS) is 18.2. The fourth-order valence-electron chi connectivity index (χ4n) is 1.47. The molecule has 6 nitrogen and oxygen atoms in total. The molecule has 1 aromatic carbocycles. The lowest BCUT2D eigenvalue weighted by Gasteiger charge is -2.25. The molecule has 0 saturated heterocycles. The van der Waals surface area contributed by atoms with Gasteiger partial charge < -0.3 is 14.8 Å². The van der Waals surface area contributed by atoms with E-state index >= 15 is 0 Å². The summed E-state index contributed by atoms with van der Waals surface area (Å²) >= 11 is 5.78. The lowest BCUT2D eigenvalue weighted by atomic mass is 10.2. The van der Waals surface area contributed by atoms with Gasteiger partial charge in [-0.3, -0.25) is 10.1 Å². The minimum Gasteiger partial charge on any atom is -0.481 e. The number of fused-ring (bicyclic) bond motifs is 1. The van der Waals surface area contributed by atoms with Gasteiger partial charge >= 0.3 is 5.69 Å². The molecular weight excluding hydrogens is 236 g/mol. The van der Waals surface area contributed by atoms with Crippen LogP contribution in [0, 0.1) is 10.1 Å². The Morgan fingerprint density at radius 3 is 3.06 bits per heavy atom. The topological polar surface area (TPSA) is 73.6 Å². The molecule has 16 heavy (non-hydrogen) atoms. The summed E-state index contributed by atoms with van der Waals surface area (Å²) < 4.78 is 10.3. The summed E-state index contributed by atoms with van der Waals surface area (Å²) in [6.45, 7) is 0.214. The van der Waals surface area contributed by atoms with Crippen LogP contribution in [0.5, 0.6) is 5.75 Å². The Morgan fingerprint density at radius 1 is 1.69 bits per heavy atom. The number of hydrogen-bond donors (Lipinski definition) is 1. The lowest BCUT2D eigenvalue weighted by Crippen LogP contribution is -2.33. The van der Waals surface area contributed by atoms with Gasteiger partial charge in [0, 0.05) is 18.2 Å². The minimum atomic E-state index is -0.528. The number of benzene rings is 1. The summed E-state index contributed by atoms with van der Waals surface area (Å²) in [6.07, 6.45) is -0.328. The number of rotatable bonds is 2. The van der Waals surface area contributed by atoms with Crippen LogP contribution in [-0.4, -0.2) is 24.9 Å². The number of ether oxygens (including phenoxy) is 2. The van der Waals surface area contributed by atoms with Gasteiger partial charge in [0.25, 0.3) is 0 Å². The molecule has 1 heterocycles. The average Bonchev–Trinajstić information content (AvgIpc) is 2.26. The molecule has 1 aliphatic rings. The third kappa shape index (κ3) is 1.89. The molecule has 7 heteroatoms. The smallest absolute Gasteiger partial charge is 0.314 e. The Morgan fingerprint density at radius 2 is 2.44 bits per heavy atom. The van der Waals surface area contributed by atoms with Gasteiger partial charge in [-0.25, -0.2) is 0 Å². The second kappa shape index (κ2) is 4.15. The molecule has 1 aromatic rings. The predicted octanol–water partition coefficient (Wildman–Crippen LogP) is 2.02. The highest BCUT2D eigenvalue weighted by Gasteiger charge is 2.27. The molecule has 0 radical (unpaired) electrons. The van der Waals surface area contributed by atoms with Crippen molar-refractivity contribution in [1.29, 1.82) is 0 Å². The largest absolute Gasteiger partial charge is 0.481 e. The Bertz CT molecular complexity index is 438. The van der Waals surface area contributed by atoms with Crippen molar-refractivity contribution in [2.24, 2.45) is 0 Å². The van der Waals surface area contributed by atoms with E-state index in [-0.39, 0.29) is 29.3 Å². The number of halogens is 1. The standard InChI is InChI=1S/C9H9ClN2O4/c1-15-8-4-16-9-6(11-8)2-5(10)3-7(9)12(13)14/h2-3,8,11H,4H2,1H3. The van der Waals surface area contributed by atoms with Gasteiger partial charge in [-0.2, -0.15) is 0 Å². The van der Waals surface area contributed by atoms with Crippen LogP contribution >= 0.6 is 11.6 Å². The number of anilines is 1. The average molecular weight is 245 g/mol. The number of nitro benzene ring substituents is 1. The van der Waals surface area contributed by atoms with E-state index in [4.69, 9.17) is 21.1 Å². The van der Waals surface area contributed by atoms with Crippen LogP contribution in [0.4, 0.5) is 11.4 Å². The van der Waals surface area contributed by atoms with E-state index in [1.54, 1.807) is 6.07 Å². The highest BCUT2D eigenvalue weighted by molar-refractivity contribution is 6.31. The summed E-state index contributed by atoms with van der Waals surface area (Å²) in [6, 6.07) is 2.82. The Labute approximate surface area is 96.3 Å². The highest BCUT2D eigenvalue weighted by atomic mass is 35.5. The summed E-state index contributed by atoms with van der Waals surface area (Å²) in [7, 11) is 1.52. The Kier molecular flexibility index (Phi) is 2.84. The third-order valence-corrected chi connectivity index (χ3v) is 2.43. The molecule has 0 aliphatic carbocycles. The molecular formula is C9H9ClN2O4. The molecule has 0 aromatic heterocycles. The van der Waals surface area contributed by atoms with Crippen LogP contribution in [0.15, 0.2) is 12.1 Å². The number of methoxy groups -OCH3 is 1. The quantitative estimate of drug-likeness (QED) is 0.636. The number of hydrogen-bond acceptors (Lipinski definition) is 5. The molecule has 0 fully saturated rings. The van der Waals surface area contributed by atoms with Crippen molar-refractivity contribution in [3.8, 4) is 5.75 Å². The van der Waals surface area contributed by atoms with E-state index in [1.807, 2.05) is 0 Å². The van der Waals surface area contributed by atoms with Crippen molar-refractivity contribution < 1.29 is 14.4 Å². The number of nitrogens with zero attached hydrogens (tertiary/aromatic N) is 1. The van der Waals surface area contributed by atoms with Gasteiger partial charge in [0.2, 0.25) is 5.75 Å². The molecule has 1 unspecified atom stereocenters. The van der Waals surface area contributed by atoms with Crippen molar-refractivity contribution in [1.82, 2.24) is 0 Å². The Hall–Kier alpha value is -1.53. The summed E-state index contributed by atoms with van der Waals surface area (Å²) in [5.74, 6) is 0.197. The van der Waals surface area contributed by atoms with Gasteiger partial charge in [0.15, 0.2) is 6.23 Å². The summed E-state index contributed by atoms with van der Waals surface area (Å²) in [4.78, 5) is 10.3. The molecule has 0 saturated carbocycles. The van der Waals surface area contributed by atoms with Gasteiger partial charge in [-0.05, 0) is 6.07 Å². The van der Waals surface area contributed by atoms with E-state index in [9.17, 15) is 10.1 Å². The number of nitrogens with one attached hydrogen (secondary N) is 1. The fraction of sp³-hybridized carbons (Fsp3) is 0.333. The molecule has 0 spiro atoms. The molecule has 0 bridgehead atoms. The molecule has 2 rings (SSSR count). The van der Waals surface area contributed by atoms with Crippen molar-refractivity contribution in [3.05, 3.63) is 27.3 Å². The maximum absolute atomic E-state index is 10.8. The first-order valence-corrected chi connectivity index (χ1v) is 4.89. The van der Waals surface area contributed by atoms with Crippen LogP contribution in [0.2, 0.25) is 5.02 Å². The lowest BCUT2D eigenvalue weighted by molar-refractivity contribution is -0.385. The first-order chi connectivity index (χ1) is 7.61. The maximum atomic E-state index is 10.8. The molecule has 1 N–H and O–H groups in total. The van der Waals surface area contributed by atoms with Crippen LogP contribution in [-0.2, 0) is 4.74 Å². The minimum absolute atomic E-state index is 0.149. The molecule has 1 atom stereocenters. The van der Waals surface area contributed by atoms with Crippen LogP contribution in [0.3, 0.4) is 0 Å². The number of nitro groups is 1. The van der Waals surface area contributed by atoms with Gasteiger partial charge in [-0.1, -0.05) is 11.6 Å². The van der Waals surface area contributed by atoms with Gasteiger partial charge in [0.1, 0.15) is 6.61 Å². The van der Waals surface area contributed by atoms with Gasteiger partial charge in [0.05, 0.1) is 10.6 Å². The monoisotopic (exact) mass is 244 g/mol. The van der Waals surface area contributed by atoms with Crippen molar-refractivity contribution in [3.63, 3.8) is 0 Å². The Balaban J connectivity index is 2.45. The van der Waals surface area contributed by atoms with Crippen molar-refractivity contribution in [2.45, 2.75) is 6.23 Å². The maximum Gasteiger partial charge on any atom is 0.314 e. The van der Waals surface area contributed by atoms with Crippen LogP contribution < -0.4 is 10.1 Å². The van der Waals surface area contributed by atoms with Gasteiger partial charge in [-0.15, -0.1) is 0 Å². The zero-order valence-corrected chi connectivity index (χ0v) is 9.15. The van der Waals surface area contributed by atoms with E-state index in [0.29, 0.717) is 5.69 Å². The molecule has 1 aliphatic heterocycles. The SMILES string of the molecule is COC1COc2c(cc(Cl)cc2[N+](=O)[O-])N1. The van der Waals surface area contributed by atoms with Crippen molar-refractivity contribution >= 4 is 23.0 Å². The highest BCUT2D eigenvalue weighted by Crippen LogP contribution is 2.40. The summed E-state index contributed by atoms with van der Waals surface area (Å²) in [5.41, 5.74) is 0.321. The summed E-state index contributed by atoms with van der Waals surface area (Å²) in [5, 5.41) is 14.0. The second-order valence-corrected chi connectivity index (χ2v) is 3.67. The fourth-order valence-corrected chi connectivity index (χ4v) is 1.69. The first kappa shape index (κ1) is 11.0. The van der Waals surface area contributed by atoms with Crippen molar-refractivity contribution in [2.75, 3.05) is 19.0 Å². The van der Waals surface area contributed by atoms with E-state index in [1.165, 1.54) is 13.2 Å². The van der Waals surface area contributed by atoms with E-state index < -0.39 is 4.92 Å². The van der Waals surface area contributed by atoms with Crippen LogP contribution in [0.25, 0.3) is 0 Å². The first-order valence-electron chi connectivity index (χ1n) is 4.52. The van der Waals surface area contributed by atoms with E-state index in [0.717, 1.165) is 0 Å². The van der Waals surface area contributed by atoms with E-state index in [2.05, 4.69) is 5.32 Å². The third-order valence-electron chi connectivity index (χ3n) is 2.21. The molecule has 86 valence electrons.